The lowest BCUT2D eigenvalue weighted by molar-refractivity contribution is 0.0499. The number of nitrogens with two attached hydrogens (primary N) is 1. The van der Waals surface area contributed by atoms with E-state index in [4.69, 9.17) is 10.5 Å². The van der Waals surface area contributed by atoms with E-state index in [0.717, 1.165) is 28.8 Å². The quantitative estimate of drug-likeness (QED) is 0.817. The molecule has 7 heteroatoms. The van der Waals surface area contributed by atoms with Crippen LogP contribution >= 0.6 is 0 Å². The lowest BCUT2D eigenvalue weighted by Crippen LogP contribution is -2.42. The summed E-state index contributed by atoms with van der Waals surface area (Å²) in [7, 11) is 1.92. The van der Waals surface area contributed by atoms with Gasteiger partial charge in [-0.05, 0) is 38.8 Å². The number of nitrogens with zero attached hydrogens (tertiary/aromatic N) is 3. The zero-order valence-electron chi connectivity index (χ0n) is 15.5. The van der Waals surface area contributed by atoms with E-state index < -0.39 is 5.60 Å². The molecule has 0 bridgehead atoms. The molecule has 0 saturated carbocycles. The van der Waals surface area contributed by atoms with Crippen LogP contribution in [0, 0.1) is 5.92 Å². The highest BCUT2D eigenvalue weighted by molar-refractivity contribution is 5.98. The molecule has 1 aliphatic rings. The molecule has 0 radical (unpaired) electrons. The molecule has 2 atom stereocenters. The minimum absolute atomic E-state index is 0.0150. The van der Waals surface area contributed by atoms with Gasteiger partial charge in [-0.15, -0.1) is 0 Å². The van der Waals surface area contributed by atoms with Gasteiger partial charge in [-0.3, -0.25) is 4.68 Å². The van der Waals surface area contributed by atoms with Crippen LogP contribution in [-0.2, 0) is 11.8 Å². The minimum Gasteiger partial charge on any atom is -0.444 e. The molecule has 1 aliphatic heterocycles. The number of hydrogen-bond donors (Lipinski definition) is 2. The first kappa shape index (κ1) is 17.4. The number of amides is 1. The number of benzene rings is 1. The molecule has 1 fully saturated rings. The summed E-state index contributed by atoms with van der Waals surface area (Å²) in [5.41, 5.74) is 8.52. The number of carbonyl (C=O) groups excluding carboxylic acids is 1. The molecule has 25 heavy (non-hydrogen) atoms. The van der Waals surface area contributed by atoms with Crippen molar-refractivity contribution in [1.29, 1.82) is 0 Å². The first-order valence-corrected chi connectivity index (χ1v) is 8.60. The van der Waals surface area contributed by atoms with Crippen LogP contribution in [0.25, 0.3) is 10.9 Å². The molecule has 2 heterocycles. The second kappa shape index (κ2) is 6.13. The molecule has 2 aromatic rings. The van der Waals surface area contributed by atoms with Gasteiger partial charge in [-0.1, -0.05) is 6.92 Å². The smallest absolute Gasteiger partial charge is 0.407 e. The van der Waals surface area contributed by atoms with Gasteiger partial charge in [0.25, 0.3) is 0 Å². The third-order valence-electron chi connectivity index (χ3n) is 4.56. The number of fused-ring (bicyclic) bond motifs is 1. The number of anilines is 2. The van der Waals surface area contributed by atoms with Gasteiger partial charge in [0.1, 0.15) is 5.60 Å². The summed E-state index contributed by atoms with van der Waals surface area (Å²) in [5, 5.41) is 8.37. The van der Waals surface area contributed by atoms with E-state index in [9.17, 15) is 4.79 Å². The third kappa shape index (κ3) is 3.50. The average molecular weight is 345 g/mol. The largest absolute Gasteiger partial charge is 0.444 e. The summed E-state index contributed by atoms with van der Waals surface area (Å²) in [6.45, 7) is 9.22. The number of aromatic nitrogens is 2. The van der Waals surface area contributed by atoms with E-state index in [1.807, 2.05) is 50.8 Å². The topological polar surface area (TPSA) is 85.4 Å². The molecule has 3 rings (SSSR count). The number of nitrogen functional groups attached to an aromatic ring is 1. The maximum Gasteiger partial charge on any atom is 0.407 e. The SMILES string of the molecule is C[C@@H]1CN(c2c(N)ccc3c2cnn3C)C[C@@H]1NC(=O)OC(C)(C)C. The molecule has 1 saturated heterocycles. The van der Waals surface area contributed by atoms with E-state index in [0.29, 0.717) is 12.5 Å². The number of rotatable bonds is 2. The molecule has 0 unspecified atom stereocenters. The van der Waals surface area contributed by atoms with Crippen molar-refractivity contribution in [2.75, 3.05) is 23.7 Å². The van der Waals surface area contributed by atoms with Gasteiger partial charge in [0.05, 0.1) is 29.1 Å². The van der Waals surface area contributed by atoms with Gasteiger partial charge >= 0.3 is 6.09 Å². The van der Waals surface area contributed by atoms with Gasteiger partial charge < -0.3 is 20.7 Å². The van der Waals surface area contributed by atoms with Crippen molar-refractivity contribution in [2.45, 2.75) is 39.3 Å². The highest BCUT2D eigenvalue weighted by Crippen LogP contribution is 2.35. The van der Waals surface area contributed by atoms with Crippen LogP contribution in [0.5, 0.6) is 0 Å². The molecule has 136 valence electrons. The Bertz CT molecular complexity index is 793. The van der Waals surface area contributed by atoms with Crippen molar-refractivity contribution in [3.05, 3.63) is 18.3 Å². The second-order valence-electron chi connectivity index (χ2n) is 7.84. The second-order valence-corrected chi connectivity index (χ2v) is 7.84. The van der Waals surface area contributed by atoms with Gasteiger partial charge in [0.2, 0.25) is 0 Å². The Morgan fingerprint density at radius 2 is 2.08 bits per heavy atom. The lowest BCUT2D eigenvalue weighted by atomic mass is 10.1. The van der Waals surface area contributed by atoms with Crippen LogP contribution in [0.3, 0.4) is 0 Å². The molecule has 0 aliphatic carbocycles. The summed E-state index contributed by atoms with van der Waals surface area (Å²) in [6, 6.07) is 3.91. The van der Waals surface area contributed by atoms with Crippen molar-refractivity contribution in [3.63, 3.8) is 0 Å². The first-order chi connectivity index (χ1) is 11.7. The number of aryl methyl sites for hydroxylation is 1. The zero-order chi connectivity index (χ0) is 18.4. The van der Waals surface area contributed by atoms with Crippen molar-refractivity contribution >= 4 is 28.4 Å². The van der Waals surface area contributed by atoms with Crippen molar-refractivity contribution in [2.24, 2.45) is 13.0 Å². The fourth-order valence-electron chi connectivity index (χ4n) is 3.38. The Morgan fingerprint density at radius 1 is 1.36 bits per heavy atom. The molecule has 1 amide bonds. The molecule has 7 nitrogen and oxygen atoms in total. The number of hydrogen-bond acceptors (Lipinski definition) is 5. The monoisotopic (exact) mass is 345 g/mol. The highest BCUT2D eigenvalue weighted by Gasteiger charge is 2.33. The molecular weight excluding hydrogens is 318 g/mol. The van der Waals surface area contributed by atoms with Crippen LogP contribution in [0.15, 0.2) is 18.3 Å². The van der Waals surface area contributed by atoms with Gasteiger partial charge in [-0.25, -0.2) is 4.79 Å². The Labute approximate surface area is 148 Å². The van der Waals surface area contributed by atoms with Gasteiger partial charge in [0, 0.05) is 25.5 Å². The normalized spacial score (nSPS) is 20.9. The van der Waals surface area contributed by atoms with Crippen molar-refractivity contribution in [3.8, 4) is 0 Å². The summed E-state index contributed by atoms with van der Waals surface area (Å²) < 4.78 is 7.22. The van der Waals surface area contributed by atoms with E-state index in [1.54, 1.807) is 0 Å². The zero-order valence-corrected chi connectivity index (χ0v) is 15.5. The van der Waals surface area contributed by atoms with Gasteiger partial charge in [0.15, 0.2) is 0 Å². The van der Waals surface area contributed by atoms with Crippen LogP contribution in [0.1, 0.15) is 27.7 Å². The molecule has 1 aromatic carbocycles. The molecule has 0 spiro atoms. The minimum atomic E-state index is -0.503. The van der Waals surface area contributed by atoms with Crippen LogP contribution in [-0.4, -0.2) is 40.6 Å². The fourth-order valence-corrected chi connectivity index (χ4v) is 3.38. The standard InChI is InChI=1S/C18H27N5O2/c1-11-9-23(10-14(11)21-17(24)25-18(2,3)4)16-12-8-20-22(5)15(12)7-6-13(16)19/h6-8,11,14H,9-10,19H2,1-5H3,(H,21,24)/t11-,14+/m1/s1. The predicted octanol–water partition coefficient (Wildman–Crippen LogP) is 2.50. The van der Waals surface area contributed by atoms with Crippen molar-refractivity contribution < 1.29 is 9.53 Å². The maximum atomic E-state index is 12.1. The number of ether oxygens (including phenoxy) is 1. The predicted molar refractivity (Wildman–Crippen MR) is 99.7 cm³/mol. The number of alkyl carbamates (subject to hydrolysis) is 1. The Morgan fingerprint density at radius 3 is 2.76 bits per heavy atom. The lowest BCUT2D eigenvalue weighted by Gasteiger charge is -2.23. The maximum absolute atomic E-state index is 12.1. The van der Waals surface area contributed by atoms with Crippen LogP contribution in [0.4, 0.5) is 16.2 Å². The Balaban J connectivity index is 1.80. The number of nitrogens with one attached hydrogen (secondary N) is 1. The summed E-state index contributed by atoms with van der Waals surface area (Å²) in [5.74, 6) is 0.291. The van der Waals surface area contributed by atoms with Crippen molar-refractivity contribution in [1.82, 2.24) is 15.1 Å². The van der Waals surface area contributed by atoms with E-state index >= 15 is 0 Å². The van der Waals surface area contributed by atoms with Gasteiger partial charge in [-0.2, -0.15) is 5.10 Å². The molecule has 1 aromatic heterocycles. The first-order valence-electron chi connectivity index (χ1n) is 8.60. The van der Waals surface area contributed by atoms with E-state index in [-0.39, 0.29) is 12.1 Å². The van der Waals surface area contributed by atoms with E-state index in [2.05, 4.69) is 22.2 Å². The Hall–Kier alpha value is -2.44. The fraction of sp³-hybridized carbons (Fsp3) is 0.556. The third-order valence-corrected chi connectivity index (χ3v) is 4.56. The molecular formula is C18H27N5O2. The summed E-state index contributed by atoms with van der Waals surface area (Å²) in [4.78, 5) is 14.3. The highest BCUT2D eigenvalue weighted by atomic mass is 16.6. The average Bonchev–Trinajstić information content (AvgIpc) is 3.01. The number of carbonyl (C=O) groups is 1. The Kier molecular flexibility index (Phi) is 4.26. The van der Waals surface area contributed by atoms with Crippen LogP contribution in [0.2, 0.25) is 0 Å². The van der Waals surface area contributed by atoms with E-state index in [1.165, 1.54) is 0 Å². The summed E-state index contributed by atoms with van der Waals surface area (Å²) >= 11 is 0. The molecule has 3 N–H and O–H groups in total. The van der Waals surface area contributed by atoms with Crippen LogP contribution < -0.4 is 16.0 Å². The summed E-state index contributed by atoms with van der Waals surface area (Å²) in [6.07, 6.45) is 1.47.